The van der Waals surface area contributed by atoms with Gasteiger partial charge in [-0.25, -0.2) is 0 Å². The summed E-state index contributed by atoms with van der Waals surface area (Å²) in [6.45, 7) is 5.20. The molecule has 2 N–H and O–H groups in total. The number of fused-ring (bicyclic) bond motifs is 1. The molecule has 1 amide bonds. The van der Waals surface area contributed by atoms with Gasteiger partial charge in [-0.3, -0.25) is 9.89 Å². The number of carbonyl (C=O) groups is 1. The van der Waals surface area contributed by atoms with E-state index in [1.807, 2.05) is 18.7 Å². The minimum absolute atomic E-state index is 0.0559. The lowest BCUT2D eigenvalue weighted by molar-refractivity contribution is 0.0751. The van der Waals surface area contributed by atoms with E-state index in [9.17, 15) is 9.90 Å². The number of nitrogens with zero attached hydrogens (tertiary/aromatic N) is 2. The summed E-state index contributed by atoms with van der Waals surface area (Å²) in [6.07, 6.45) is 1.71. The van der Waals surface area contributed by atoms with Crippen LogP contribution in [0.3, 0.4) is 0 Å². The number of H-pyrrole nitrogens is 1. The fraction of sp³-hybridized carbons (Fsp3) is 0.692. The van der Waals surface area contributed by atoms with Crippen LogP contribution in [-0.4, -0.2) is 45.3 Å². The van der Waals surface area contributed by atoms with E-state index >= 15 is 0 Å². The Balaban J connectivity index is 1.80. The van der Waals surface area contributed by atoms with E-state index in [1.165, 1.54) is 0 Å². The van der Waals surface area contributed by atoms with Crippen molar-refractivity contribution in [1.82, 2.24) is 15.1 Å². The molecule has 0 aromatic carbocycles. The van der Waals surface area contributed by atoms with Crippen LogP contribution in [0.1, 0.15) is 34.6 Å². The Morgan fingerprint density at radius 1 is 1.39 bits per heavy atom. The average Bonchev–Trinajstić information content (AvgIpc) is 2.97. The molecule has 1 aliphatic carbocycles. The van der Waals surface area contributed by atoms with E-state index < -0.39 is 0 Å². The van der Waals surface area contributed by atoms with Gasteiger partial charge in [0.15, 0.2) is 0 Å². The molecular formula is C13H19N3O2. The number of amides is 1. The zero-order valence-corrected chi connectivity index (χ0v) is 10.8. The summed E-state index contributed by atoms with van der Waals surface area (Å²) in [6, 6.07) is 0. The summed E-state index contributed by atoms with van der Waals surface area (Å²) in [4.78, 5) is 14.3. The molecule has 3 atom stereocenters. The molecule has 98 valence electrons. The molecule has 2 aliphatic rings. The van der Waals surface area contributed by atoms with Crippen molar-refractivity contribution >= 4 is 5.91 Å². The lowest BCUT2D eigenvalue weighted by Crippen LogP contribution is -2.31. The molecule has 0 radical (unpaired) electrons. The van der Waals surface area contributed by atoms with Crippen LogP contribution >= 0.6 is 0 Å². The quantitative estimate of drug-likeness (QED) is 0.776. The summed E-state index contributed by atoms with van der Waals surface area (Å²) < 4.78 is 0. The highest BCUT2D eigenvalue weighted by Gasteiger charge is 2.43. The van der Waals surface area contributed by atoms with Gasteiger partial charge in [-0.15, -0.1) is 0 Å². The van der Waals surface area contributed by atoms with E-state index in [2.05, 4.69) is 10.2 Å². The highest BCUT2D eigenvalue weighted by molar-refractivity contribution is 5.96. The summed E-state index contributed by atoms with van der Waals surface area (Å²) >= 11 is 0. The molecule has 1 saturated carbocycles. The second-order valence-corrected chi connectivity index (χ2v) is 5.59. The molecular weight excluding hydrogens is 230 g/mol. The third kappa shape index (κ3) is 1.65. The van der Waals surface area contributed by atoms with Crippen LogP contribution < -0.4 is 0 Å². The lowest BCUT2D eigenvalue weighted by Gasteiger charge is -2.18. The molecule has 5 nitrogen and oxygen atoms in total. The number of aromatic amines is 1. The predicted octanol–water partition coefficient (Wildman–Crippen LogP) is 0.869. The molecule has 2 fully saturated rings. The van der Waals surface area contributed by atoms with E-state index in [-0.39, 0.29) is 17.9 Å². The molecule has 18 heavy (non-hydrogen) atoms. The van der Waals surface area contributed by atoms with E-state index in [0.717, 1.165) is 30.8 Å². The first kappa shape index (κ1) is 11.7. The van der Waals surface area contributed by atoms with Crippen LogP contribution in [0.4, 0.5) is 0 Å². The molecule has 0 spiro atoms. The van der Waals surface area contributed by atoms with Crippen LogP contribution in [0.15, 0.2) is 0 Å². The largest absolute Gasteiger partial charge is 0.393 e. The Morgan fingerprint density at radius 3 is 2.78 bits per heavy atom. The van der Waals surface area contributed by atoms with Crippen molar-refractivity contribution in [3.05, 3.63) is 17.0 Å². The van der Waals surface area contributed by atoms with Gasteiger partial charge in [0, 0.05) is 24.7 Å². The summed E-state index contributed by atoms with van der Waals surface area (Å²) in [5.74, 6) is 0.818. The monoisotopic (exact) mass is 249 g/mol. The van der Waals surface area contributed by atoms with Crippen molar-refractivity contribution < 1.29 is 9.90 Å². The van der Waals surface area contributed by atoms with Crippen LogP contribution in [-0.2, 0) is 0 Å². The van der Waals surface area contributed by atoms with Gasteiger partial charge in [-0.05, 0) is 32.6 Å². The number of aryl methyl sites for hydroxylation is 2. The maximum atomic E-state index is 12.5. The third-order valence-electron chi connectivity index (χ3n) is 4.45. The first-order chi connectivity index (χ1) is 8.58. The number of likely N-dealkylation sites (tertiary alicyclic amines) is 1. The number of nitrogens with one attached hydrogen (secondary N) is 1. The molecule has 2 heterocycles. The van der Waals surface area contributed by atoms with Crippen molar-refractivity contribution in [2.75, 3.05) is 13.1 Å². The van der Waals surface area contributed by atoms with Crippen LogP contribution in [0, 0.1) is 25.7 Å². The Hall–Kier alpha value is -1.36. The molecule has 1 aliphatic heterocycles. The Kier molecular flexibility index (Phi) is 2.66. The van der Waals surface area contributed by atoms with Crippen molar-refractivity contribution in [3.63, 3.8) is 0 Å². The molecule has 0 bridgehead atoms. The van der Waals surface area contributed by atoms with Gasteiger partial charge in [0.05, 0.1) is 17.4 Å². The number of hydrogen-bond acceptors (Lipinski definition) is 3. The van der Waals surface area contributed by atoms with Gasteiger partial charge in [-0.1, -0.05) is 0 Å². The number of aromatic nitrogens is 2. The molecule has 1 aromatic heterocycles. The fourth-order valence-corrected chi connectivity index (χ4v) is 3.43. The zero-order valence-electron chi connectivity index (χ0n) is 10.8. The van der Waals surface area contributed by atoms with Gasteiger partial charge in [0.25, 0.3) is 5.91 Å². The summed E-state index contributed by atoms with van der Waals surface area (Å²) in [7, 11) is 0. The number of aliphatic hydroxyl groups excluding tert-OH is 1. The van der Waals surface area contributed by atoms with E-state index in [4.69, 9.17) is 0 Å². The van der Waals surface area contributed by atoms with Crippen molar-refractivity contribution in [1.29, 1.82) is 0 Å². The molecule has 3 unspecified atom stereocenters. The Morgan fingerprint density at radius 2 is 2.17 bits per heavy atom. The van der Waals surface area contributed by atoms with Gasteiger partial charge >= 0.3 is 0 Å². The van der Waals surface area contributed by atoms with Crippen molar-refractivity contribution in [2.24, 2.45) is 11.8 Å². The van der Waals surface area contributed by atoms with Crippen molar-refractivity contribution in [3.8, 4) is 0 Å². The number of rotatable bonds is 1. The third-order valence-corrected chi connectivity index (χ3v) is 4.45. The number of hydrogen-bond donors (Lipinski definition) is 2. The maximum Gasteiger partial charge on any atom is 0.257 e. The van der Waals surface area contributed by atoms with Gasteiger partial charge in [-0.2, -0.15) is 5.10 Å². The summed E-state index contributed by atoms with van der Waals surface area (Å²) in [5, 5.41) is 16.8. The molecule has 3 rings (SSSR count). The highest BCUT2D eigenvalue weighted by atomic mass is 16.3. The van der Waals surface area contributed by atoms with Gasteiger partial charge < -0.3 is 10.0 Å². The van der Waals surface area contributed by atoms with E-state index in [1.54, 1.807) is 0 Å². The maximum absolute atomic E-state index is 12.5. The van der Waals surface area contributed by atoms with Gasteiger partial charge in [0.2, 0.25) is 0 Å². The minimum atomic E-state index is -0.223. The second kappa shape index (κ2) is 4.09. The highest BCUT2D eigenvalue weighted by Crippen LogP contribution is 2.38. The zero-order chi connectivity index (χ0) is 12.9. The predicted molar refractivity (Wildman–Crippen MR) is 66.2 cm³/mol. The first-order valence-corrected chi connectivity index (χ1v) is 6.57. The molecule has 5 heteroatoms. The Bertz CT molecular complexity index is 463. The summed E-state index contributed by atoms with van der Waals surface area (Å²) in [5.41, 5.74) is 2.29. The van der Waals surface area contributed by atoms with Crippen molar-refractivity contribution in [2.45, 2.75) is 32.8 Å². The fourth-order valence-electron chi connectivity index (χ4n) is 3.43. The van der Waals surface area contributed by atoms with Crippen LogP contribution in [0.25, 0.3) is 0 Å². The average molecular weight is 249 g/mol. The van der Waals surface area contributed by atoms with Crippen LogP contribution in [0.2, 0.25) is 0 Å². The SMILES string of the molecule is Cc1n[nH]c(C)c1C(=O)N1CC2CCC(O)C2C1. The normalized spacial score (nSPS) is 30.8. The Labute approximate surface area is 106 Å². The smallest absolute Gasteiger partial charge is 0.257 e. The topological polar surface area (TPSA) is 69.2 Å². The standard InChI is InChI=1S/C13H19N3O2/c1-7-12(8(2)15-14-7)13(18)16-5-9-3-4-11(17)10(9)6-16/h9-11,17H,3-6H2,1-2H3,(H,14,15). The molecule has 1 aromatic rings. The van der Waals surface area contributed by atoms with Gasteiger partial charge in [0.1, 0.15) is 0 Å². The minimum Gasteiger partial charge on any atom is -0.393 e. The number of carbonyl (C=O) groups excluding carboxylic acids is 1. The van der Waals surface area contributed by atoms with E-state index in [0.29, 0.717) is 18.0 Å². The second-order valence-electron chi connectivity index (χ2n) is 5.59. The number of aliphatic hydroxyl groups is 1. The van der Waals surface area contributed by atoms with Crippen LogP contribution in [0.5, 0.6) is 0 Å². The molecule has 1 saturated heterocycles. The first-order valence-electron chi connectivity index (χ1n) is 6.57. The lowest BCUT2D eigenvalue weighted by atomic mass is 10.00.